The fourth-order valence-corrected chi connectivity index (χ4v) is 6.00. The van der Waals surface area contributed by atoms with Gasteiger partial charge in [-0.3, -0.25) is 14.4 Å². The Hall–Kier alpha value is -3.28. The van der Waals surface area contributed by atoms with Crippen LogP contribution >= 0.6 is 0 Å². The molecule has 11 heteroatoms. The molecule has 2 aromatic carbocycles. The molecule has 0 spiro atoms. The quantitative estimate of drug-likeness (QED) is 0.385. The van der Waals surface area contributed by atoms with Crippen LogP contribution in [0.25, 0.3) is 0 Å². The molecule has 0 saturated carbocycles. The first-order chi connectivity index (χ1) is 17.1. The van der Waals surface area contributed by atoms with Crippen molar-refractivity contribution in [3.8, 4) is 5.75 Å². The Morgan fingerprint density at radius 1 is 1.08 bits per heavy atom. The summed E-state index contributed by atoms with van der Waals surface area (Å²) in [5.74, 6) is -5.57. The normalized spacial score (nSPS) is 19.6. The maximum absolute atomic E-state index is 13.7. The molecule has 200 valence electrons. The molecule has 4 atom stereocenters. The zero-order chi connectivity index (χ0) is 27.7. The number of benzene rings is 2. The van der Waals surface area contributed by atoms with Crippen LogP contribution in [-0.4, -0.2) is 70.4 Å². The Morgan fingerprint density at radius 3 is 2.30 bits per heavy atom. The van der Waals surface area contributed by atoms with Gasteiger partial charge in [-0.25, -0.2) is 8.42 Å². The van der Waals surface area contributed by atoms with E-state index in [2.05, 4.69) is 5.32 Å². The zero-order valence-corrected chi connectivity index (χ0v) is 22.0. The first-order valence-corrected chi connectivity index (χ1v) is 13.6. The number of Topliss-reactive ketones (excluding diaryl/α,β-unsaturated/α-hetero) is 1. The maximum Gasteiger partial charge on any atom is 0.253 e. The van der Waals surface area contributed by atoms with E-state index in [9.17, 15) is 33.0 Å². The number of nitrogens with zero attached hydrogens (tertiary/aromatic N) is 1. The second kappa shape index (κ2) is 10.6. The molecule has 1 aliphatic heterocycles. The van der Waals surface area contributed by atoms with Crippen molar-refractivity contribution in [1.29, 1.82) is 0 Å². The lowest BCUT2D eigenvalue weighted by Crippen LogP contribution is -2.56. The van der Waals surface area contributed by atoms with Gasteiger partial charge in [0.25, 0.3) is 5.91 Å². The van der Waals surface area contributed by atoms with E-state index in [1.165, 1.54) is 25.1 Å². The van der Waals surface area contributed by atoms with Gasteiger partial charge in [0.2, 0.25) is 5.91 Å². The summed E-state index contributed by atoms with van der Waals surface area (Å²) in [6.45, 7) is 6.64. The number of sulfone groups is 1. The fraction of sp³-hybridized carbons (Fsp3) is 0.423. The van der Waals surface area contributed by atoms with E-state index in [0.717, 1.165) is 4.90 Å². The molecule has 1 fully saturated rings. The van der Waals surface area contributed by atoms with Crippen LogP contribution in [0.1, 0.15) is 48.3 Å². The van der Waals surface area contributed by atoms with Crippen LogP contribution in [0.4, 0.5) is 0 Å². The Kier molecular flexibility index (Phi) is 8.11. The molecule has 2 amide bonds. The third-order valence-electron chi connectivity index (χ3n) is 6.25. The molecule has 1 aliphatic rings. The number of hydrogen-bond donors (Lipinski definition) is 4. The highest BCUT2D eigenvalue weighted by atomic mass is 32.2. The molecule has 5 N–H and O–H groups in total. The van der Waals surface area contributed by atoms with Gasteiger partial charge < -0.3 is 26.2 Å². The Morgan fingerprint density at radius 2 is 1.70 bits per heavy atom. The number of aliphatic hydroxyl groups is 1. The minimum atomic E-state index is -3.82. The Balaban J connectivity index is 2.03. The molecule has 0 bridgehead atoms. The zero-order valence-electron chi connectivity index (χ0n) is 21.2. The van der Waals surface area contributed by atoms with Gasteiger partial charge in [0.15, 0.2) is 15.6 Å². The van der Waals surface area contributed by atoms with E-state index in [4.69, 9.17) is 5.73 Å². The van der Waals surface area contributed by atoms with Crippen LogP contribution < -0.4 is 11.1 Å². The van der Waals surface area contributed by atoms with E-state index in [1.807, 2.05) is 0 Å². The number of ketones is 1. The Labute approximate surface area is 216 Å². The second-order valence-corrected chi connectivity index (χ2v) is 12.4. The number of hydrogen-bond acceptors (Lipinski definition) is 8. The number of nitrogens with one attached hydrogen (secondary N) is 1. The number of phenolic OH excluding ortho intramolecular Hbond substituents is 1. The summed E-state index contributed by atoms with van der Waals surface area (Å²) in [5, 5.41) is 24.1. The number of amides is 2. The monoisotopic (exact) mass is 531 g/mol. The van der Waals surface area contributed by atoms with Crippen LogP contribution in [0.15, 0.2) is 48.5 Å². The van der Waals surface area contributed by atoms with Crippen molar-refractivity contribution in [2.75, 3.05) is 11.6 Å². The highest BCUT2D eigenvalue weighted by Gasteiger charge is 2.48. The number of phenols is 1. The lowest BCUT2D eigenvalue weighted by Gasteiger charge is -2.32. The topological polar surface area (TPSA) is 167 Å². The molecule has 10 nitrogen and oxygen atoms in total. The summed E-state index contributed by atoms with van der Waals surface area (Å²) in [4.78, 5) is 40.9. The van der Waals surface area contributed by atoms with Gasteiger partial charge in [0.05, 0.1) is 11.7 Å². The predicted molar refractivity (Wildman–Crippen MR) is 137 cm³/mol. The first-order valence-electron chi connectivity index (χ1n) is 11.8. The van der Waals surface area contributed by atoms with Gasteiger partial charge >= 0.3 is 0 Å². The molecule has 1 saturated heterocycles. The lowest BCUT2D eigenvalue weighted by atomic mass is 9.81. The SMILES string of the molecule is Cc1c(O)cccc1C(=O)[C@@H](C(N)c1ccccc1)[C@H](O)C(=O)N1CS(=O)(=O)C[C@H]1C(=O)NC(C)(C)C. The number of carbonyl (C=O) groups is 3. The third kappa shape index (κ3) is 6.35. The second-order valence-electron chi connectivity index (χ2n) is 10.3. The number of nitrogens with two attached hydrogens (primary N) is 1. The van der Waals surface area contributed by atoms with Gasteiger partial charge in [-0.1, -0.05) is 42.5 Å². The standard InChI is InChI=1S/C26H33N3O7S/c1-15-17(11-8-12-19(15)30)22(31)20(21(27)16-9-6-5-7-10-16)23(32)25(34)29-14-37(35,36)13-18(29)24(33)28-26(2,3)4/h5-12,18,20-21,23,30,32H,13-14,27H2,1-4H3,(H,28,33)/t18-,20+,21?,23-/m0/s1. The van der Waals surface area contributed by atoms with Gasteiger partial charge in [-0.15, -0.1) is 0 Å². The number of rotatable bonds is 7. The van der Waals surface area contributed by atoms with Crippen molar-refractivity contribution >= 4 is 27.4 Å². The lowest BCUT2D eigenvalue weighted by molar-refractivity contribution is -0.147. The largest absolute Gasteiger partial charge is 0.508 e. The van der Waals surface area contributed by atoms with Crippen molar-refractivity contribution in [3.05, 3.63) is 65.2 Å². The summed E-state index contributed by atoms with van der Waals surface area (Å²) < 4.78 is 24.9. The first kappa shape index (κ1) is 28.3. The van der Waals surface area contributed by atoms with E-state index < -0.39 is 68.7 Å². The van der Waals surface area contributed by atoms with Gasteiger partial charge in [-0.05, 0) is 39.3 Å². The van der Waals surface area contributed by atoms with Crippen molar-refractivity contribution in [1.82, 2.24) is 10.2 Å². The summed E-state index contributed by atoms with van der Waals surface area (Å²) in [5.41, 5.74) is 6.48. The average Bonchev–Trinajstić information content (AvgIpc) is 3.15. The van der Waals surface area contributed by atoms with Gasteiger partial charge in [0.1, 0.15) is 23.8 Å². The van der Waals surface area contributed by atoms with E-state index in [1.54, 1.807) is 51.1 Å². The van der Waals surface area contributed by atoms with E-state index >= 15 is 0 Å². The highest BCUT2D eigenvalue weighted by molar-refractivity contribution is 7.91. The Bertz CT molecular complexity index is 1290. The summed E-state index contributed by atoms with van der Waals surface area (Å²) in [7, 11) is -3.82. The number of aliphatic hydroxyl groups excluding tert-OH is 1. The van der Waals surface area contributed by atoms with Crippen molar-refractivity contribution in [2.24, 2.45) is 11.7 Å². The minimum Gasteiger partial charge on any atom is -0.508 e. The minimum absolute atomic E-state index is 0.0549. The number of aromatic hydroxyl groups is 1. The molecule has 3 rings (SSSR count). The molecular formula is C26H33N3O7S. The average molecular weight is 532 g/mol. The molecule has 0 aromatic heterocycles. The molecule has 37 heavy (non-hydrogen) atoms. The molecule has 1 heterocycles. The van der Waals surface area contributed by atoms with Crippen LogP contribution in [0.3, 0.4) is 0 Å². The van der Waals surface area contributed by atoms with Crippen LogP contribution in [0.2, 0.25) is 0 Å². The smallest absolute Gasteiger partial charge is 0.253 e. The summed E-state index contributed by atoms with van der Waals surface area (Å²) in [6.07, 6.45) is -2.07. The van der Waals surface area contributed by atoms with Crippen LogP contribution in [0.5, 0.6) is 5.75 Å². The van der Waals surface area contributed by atoms with Crippen molar-refractivity contribution < 1.29 is 33.0 Å². The van der Waals surface area contributed by atoms with Crippen molar-refractivity contribution in [3.63, 3.8) is 0 Å². The molecule has 1 unspecified atom stereocenters. The highest BCUT2D eigenvalue weighted by Crippen LogP contribution is 2.31. The summed E-state index contributed by atoms with van der Waals surface area (Å²) in [6, 6.07) is 10.1. The number of carbonyl (C=O) groups excluding carboxylic acids is 3. The molecule has 0 radical (unpaired) electrons. The summed E-state index contributed by atoms with van der Waals surface area (Å²) >= 11 is 0. The van der Waals surface area contributed by atoms with E-state index in [0.29, 0.717) is 5.56 Å². The van der Waals surface area contributed by atoms with Gasteiger partial charge in [-0.2, -0.15) is 0 Å². The van der Waals surface area contributed by atoms with Crippen LogP contribution in [0, 0.1) is 12.8 Å². The van der Waals surface area contributed by atoms with E-state index in [-0.39, 0.29) is 16.9 Å². The van der Waals surface area contributed by atoms with Crippen molar-refractivity contribution in [2.45, 2.75) is 51.4 Å². The molecule has 0 aliphatic carbocycles. The van der Waals surface area contributed by atoms with Gasteiger partial charge in [0, 0.05) is 22.7 Å². The molecule has 2 aromatic rings. The molecular weight excluding hydrogens is 498 g/mol. The fourth-order valence-electron chi connectivity index (χ4n) is 4.35. The predicted octanol–water partition coefficient (Wildman–Crippen LogP) is 1.06. The maximum atomic E-state index is 13.7. The van der Waals surface area contributed by atoms with Crippen LogP contribution in [-0.2, 0) is 19.4 Å². The third-order valence-corrected chi connectivity index (χ3v) is 7.74.